The lowest BCUT2D eigenvalue weighted by molar-refractivity contribution is -0.128. The van der Waals surface area contributed by atoms with Gasteiger partial charge in [0.15, 0.2) is 17.5 Å². The summed E-state index contributed by atoms with van der Waals surface area (Å²) in [6.45, 7) is 2.78. The molecule has 1 N–H and O–H groups in total. The number of aromatic nitrogens is 2. The van der Waals surface area contributed by atoms with Crippen LogP contribution in [0.25, 0.3) is 5.69 Å². The first kappa shape index (κ1) is 21.6. The SMILES string of the molecule is CSc1ncc(C(=O)OCC(=O)N2c3ccccc3NC(=O)C2(C)C)n1-c1ccccc1. The van der Waals surface area contributed by atoms with Crippen molar-refractivity contribution in [1.82, 2.24) is 9.55 Å². The van der Waals surface area contributed by atoms with E-state index in [0.29, 0.717) is 16.5 Å². The topological polar surface area (TPSA) is 93.5 Å². The molecule has 0 radical (unpaired) electrons. The number of fused-ring (bicyclic) bond motifs is 1. The second-order valence-corrected chi connectivity index (χ2v) is 8.41. The van der Waals surface area contributed by atoms with Crippen LogP contribution < -0.4 is 10.2 Å². The van der Waals surface area contributed by atoms with Gasteiger partial charge in [0.1, 0.15) is 5.54 Å². The number of nitrogens with one attached hydrogen (secondary N) is 1. The number of rotatable bonds is 5. The molecule has 1 aliphatic heterocycles. The van der Waals surface area contributed by atoms with Crippen molar-refractivity contribution in [2.75, 3.05) is 23.1 Å². The fourth-order valence-corrected chi connectivity index (χ4v) is 4.16. The summed E-state index contributed by atoms with van der Waals surface area (Å²) in [4.78, 5) is 44.2. The van der Waals surface area contributed by atoms with Crippen LogP contribution in [0.15, 0.2) is 66.0 Å². The van der Waals surface area contributed by atoms with Crippen LogP contribution in [0.4, 0.5) is 11.4 Å². The number of para-hydroxylation sites is 3. The maximum absolute atomic E-state index is 13.1. The van der Waals surface area contributed by atoms with Crippen LogP contribution in [0.5, 0.6) is 0 Å². The van der Waals surface area contributed by atoms with Gasteiger partial charge in [0, 0.05) is 5.69 Å². The van der Waals surface area contributed by atoms with Crippen LogP contribution in [-0.4, -0.2) is 45.7 Å². The standard InChI is InChI=1S/C23H22N4O4S/c1-23(2)21(30)25-16-11-7-8-12-17(16)27(23)19(28)14-31-20(29)18-13-24-22(32-3)26(18)15-9-5-4-6-10-15/h4-13H,14H2,1-3H3,(H,25,30). The number of thioether (sulfide) groups is 1. The van der Waals surface area contributed by atoms with Gasteiger partial charge in [0.25, 0.3) is 5.91 Å². The lowest BCUT2D eigenvalue weighted by atomic mass is 9.96. The van der Waals surface area contributed by atoms with E-state index in [2.05, 4.69) is 10.3 Å². The number of anilines is 2. The summed E-state index contributed by atoms with van der Waals surface area (Å²) in [5, 5.41) is 3.43. The number of amides is 2. The van der Waals surface area contributed by atoms with Crippen molar-refractivity contribution in [2.24, 2.45) is 0 Å². The highest BCUT2D eigenvalue weighted by Crippen LogP contribution is 2.36. The Labute approximate surface area is 189 Å². The van der Waals surface area contributed by atoms with Crippen LogP contribution >= 0.6 is 11.8 Å². The Kier molecular flexibility index (Phi) is 5.75. The van der Waals surface area contributed by atoms with Gasteiger partial charge >= 0.3 is 5.97 Å². The van der Waals surface area contributed by atoms with E-state index in [1.54, 1.807) is 42.7 Å². The summed E-state index contributed by atoms with van der Waals surface area (Å²) in [5.41, 5.74) is 0.913. The Balaban J connectivity index is 1.57. The molecule has 4 rings (SSSR count). The number of benzene rings is 2. The quantitative estimate of drug-likeness (QED) is 0.472. The van der Waals surface area contributed by atoms with Gasteiger partial charge in [-0.2, -0.15) is 0 Å². The monoisotopic (exact) mass is 450 g/mol. The van der Waals surface area contributed by atoms with Gasteiger partial charge in [-0.1, -0.05) is 42.1 Å². The lowest BCUT2D eigenvalue weighted by Crippen LogP contribution is -2.59. The van der Waals surface area contributed by atoms with E-state index < -0.39 is 24.0 Å². The average Bonchev–Trinajstić information content (AvgIpc) is 3.23. The van der Waals surface area contributed by atoms with E-state index in [4.69, 9.17) is 4.74 Å². The minimum Gasteiger partial charge on any atom is -0.451 e. The minimum absolute atomic E-state index is 0.212. The first-order valence-corrected chi connectivity index (χ1v) is 11.1. The number of hydrogen-bond acceptors (Lipinski definition) is 6. The van der Waals surface area contributed by atoms with Crippen molar-refractivity contribution in [2.45, 2.75) is 24.5 Å². The summed E-state index contributed by atoms with van der Waals surface area (Å²) < 4.78 is 7.06. The molecule has 0 unspecified atom stereocenters. The lowest BCUT2D eigenvalue weighted by Gasteiger charge is -2.41. The van der Waals surface area contributed by atoms with Crippen molar-refractivity contribution in [1.29, 1.82) is 0 Å². The van der Waals surface area contributed by atoms with Gasteiger partial charge in [-0.05, 0) is 44.4 Å². The molecule has 9 heteroatoms. The Morgan fingerprint density at radius 3 is 2.50 bits per heavy atom. The third-order valence-corrected chi connectivity index (χ3v) is 5.87. The van der Waals surface area contributed by atoms with Gasteiger partial charge in [-0.15, -0.1) is 0 Å². The molecule has 0 saturated heterocycles. The zero-order valence-corrected chi connectivity index (χ0v) is 18.7. The van der Waals surface area contributed by atoms with E-state index in [1.807, 2.05) is 36.6 Å². The van der Waals surface area contributed by atoms with E-state index in [-0.39, 0.29) is 11.6 Å². The van der Waals surface area contributed by atoms with Crippen LogP contribution in [0.2, 0.25) is 0 Å². The first-order valence-electron chi connectivity index (χ1n) is 9.92. The molecule has 1 aromatic heterocycles. The van der Waals surface area contributed by atoms with Crippen molar-refractivity contribution in [3.05, 3.63) is 66.5 Å². The molecular weight excluding hydrogens is 428 g/mol. The number of imidazole rings is 1. The molecule has 0 saturated carbocycles. The molecule has 2 heterocycles. The summed E-state index contributed by atoms with van der Waals surface area (Å²) >= 11 is 1.39. The maximum atomic E-state index is 13.1. The smallest absolute Gasteiger partial charge is 0.357 e. The molecule has 0 spiro atoms. The molecular formula is C23H22N4O4S. The van der Waals surface area contributed by atoms with Crippen LogP contribution in [-0.2, 0) is 14.3 Å². The number of nitrogens with zero attached hydrogens (tertiary/aromatic N) is 3. The number of esters is 1. The normalized spacial score (nSPS) is 14.5. The third-order valence-electron chi connectivity index (χ3n) is 5.22. The second-order valence-electron chi connectivity index (χ2n) is 7.64. The van der Waals surface area contributed by atoms with Crippen LogP contribution in [0.1, 0.15) is 24.3 Å². The first-order chi connectivity index (χ1) is 15.3. The second kappa shape index (κ2) is 8.51. The molecule has 0 atom stereocenters. The zero-order chi connectivity index (χ0) is 22.9. The van der Waals surface area contributed by atoms with Crippen molar-refractivity contribution in [3.63, 3.8) is 0 Å². The highest BCUT2D eigenvalue weighted by atomic mass is 32.2. The number of carbonyl (C=O) groups is 3. The Morgan fingerprint density at radius 2 is 1.78 bits per heavy atom. The number of carbonyl (C=O) groups excluding carboxylic acids is 3. The highest BCUT2D eigenvalue weighted by Gasteiger charge is 2.43. The molecule has 32 heavy (non-hydrogen) atoms. The molecule has 0 fully saturated rings. The van der Waals surface area contributed by atoms with E-state index in [0.717, 1.165) is 5.69 Å². The molecule has 0 aliphatic carbocycles. The fraction of sp³-hybridized carbons (Fsp3) is 0.217. The zero-order valence-electron chi connectivity index (χ0n) is 17.9. The van der Waals surface area contributed by atoms with E-state index in [9.17, 15) is 14.4 Å². The molecule has 0 bridgehead atoms. The average molecular weight is 451 g/mol. The summed E-state index contributed by atoms with van der Waals surface area (Å²) in [5.74, 6) is -1.49. The Bertz CT molecular complexity index is 1190. The largest absolute Gasteiger partial charge is 0.451 e. The molecule has 2 amide bonds. The van der Waals surface area contributed by atoms with Gasteiger partial charge in [-0.25, -0.2) is 9.78 Å². The highest BCUT2D eigenvalue weighted by molar-refractivity contribution is 7.98. The molecule has 1 aliphatic rings. The summed E-state index contributed by atoms with van der Waals surface area (Å²) in [7, 11) is 0. The molecule has 2 aromatic carbocycles. The molecule has 164 valence electrons. The van der Waals surface area contributed by atoms with Crippen LogP contribution in [0.3, 0.4) is 0 Å². The van der Waals surface area contributed by atoms with Gasteiger partial charge in [0.05, 0.1) is 17.6 Å². The molecule has 8 nitrogen and oxygen atoms in total. The van der Waals surface area contributed by atoms with Crippen molar-refractivity contribution < 1.29 is 19.1 Å². The van der Waals surface area contributed by atoms with Crippen LogP contribution in [0, 0.1) is 0 Å². The Hall–Kier alpha value is -3.59. The van der Waals surface area contributed by atoms with Gasteiger partial charge in [-0.3, -0.25) is 19.1 Å². The fourth-order valence-electron chi connectivity index (χ4n) is 3.61. The maximum Gasteiger partial charge on any atom is 0.357 e. The predicted molar refractivity (Wildman–Crippen MR) is 122 cm³/mol. The number of ether oxygens (including phenoxy) is 1. The van der Waals surface area contributed by atoms with Crippen molar-refractivity contribution >= 4 is 40.9 Å². The van der Waals surface area contributed by atoms with E-state index in [1.165, 1.54) is 22.9 Å². The van der Waals surface area contributed by atoms with Gasteiger partial charge < -0.3 is 10.1 Å². The van der Waals surface area contributed by atoms with E-state index >= 15 is 0 Å². The molecule has 3 aromatic rings. The predicted octanol–water partition coefficient (Wildman–Crippen LogP) is 3.51. The van der Waals surface area contributed by atoms with Gasteiger partial charge in [0.2, 0.25) is 5.91 Å². The summed E-state index contributed by atoms with van der Waals surface area (Å²) in [6, 6.07) is 16.3. The Morgan fingerprint density at radius 1 is 1.09 bits per heavy atom. The minimum atomic E-state index is -1.14. The summed E-state index contributed by atoms with van der Waals surface area (Å²) in [6.07, 6.45) is 3.29. The number of hydrogen-bond donors (Lipinski definition) is 1. The third kappa shape index (κ3) is 3.75. The van der Waals surface area contributed by atoms with Crippen molar-refractivity contribution in [3.8, 4) is 5.69 Å².